The van der Waals surface area contributed by atoms with Crippen LogP contribution in [0.2, 0.25) is 0 Å². The van der Waals surface area contributed by atoms with Crippen LogP contribution < -0.4 is 5.32 Å². The molecule has 158 valence electrons. The molecule has 1 fully saturated rings. The predicted octanol–water partition coefficient (Wildman–Crippen LogP) is 0.546. The van der Waals surface area contributed by atoms with Gasteiger partial charge in [0.2, 0.25) is 0 Å². The maximum atomic E-state index is 12.2. The van der Waals surface area contributed by atoms with Crippen molar-refractivity contribution in [3.05, 3.63) is 0 Å². The van der Waals surface area contributed by atoms with Crippen LogP contribution in [-0.4, -0.2) is 99.9 Å². The molecule has 1 saturated heterocycles. The van der Waals surface area contributed by atoms with Crippen molar-refractivity contribution in [1.82, 2.24) is 15.1 Å². The Bertz CT molecular complexity index is 635. The summed E-state index contributed by atoms with van der Waals surface area (Å²) in [7, 11) is -2.99. The van der Waals surface area contributed by atoms with Gasteiger partial charge in [-0.1, -0.05) is 0 Å². The third-order valence-corrected chi connectivity index (χ3v) is 4.89. The van der Waals surface area contributed by atoms with Gasteiger partial charge in [0.15, 0.2) is 5.96 Å². The number of halogens is 1. The summed E-state index contributed by atoms with van der Waals surface area (Å²) in [6.45, 7) is 9.27. The molecule has 0 spiro atoms. The van der Waals surface area contributed by atoms with E-state index < -0.39 is 15.4 Å². The van der Waals surface area contributed by atoms with Crippen molar-refractivity contribution in [2.24, 2.45) is 4.99 Å². The predicted molar refractivity (Wildman–Crippen MR) is 115 cm³/mol. The van der Waals surface area contributed by atoms with Gasteiger partial charge in [0.1, 0.15) is 15.4 Å². The summed E-state index contributed by atoms with van der Waals surface area (Å²) in [6, 6.07) is 0.157. The SMILES string of the molecule is CC(C)(C)OC(=O)N1CCN2C(NCCOCCS(C)(=O)=O)=NCC2C1.I. The van der Waals surface area contributed by atoms with Crippen LogP contribution in [0.25, 0.3) is 0 Å². The topological polar surface area (TPSA) is 101 Å². The average molecular weight is 518 g/mol. The summed E-state index contributed by atoms with van der Waals surface area (Å²) in [6.07, 6.45) is 0.914. The molecule has 1 unspecified atom stereocenters. The Kier molecular flexibility index (Phi) is 9.06. The number of hydrogen-bond acceptors (Lipinski definition) is 8. The highest BCUT2D eigenvalue weighted by Crippen LogP contribution is 2.18. The van der Waals surface area contributed by atoms with E-state index in [-0.39, 0.29) is 48.5 Å². The van der Waals surface area contributed by atoms with Gasteiger partial charge < -0.3 is 24.6 Å². The van der Waals surface area contributed by atoms with Crippen LogP contribution in [0, 0.1) is 0 Å². The van der Waals surface area contributed by atoms with Crippen molar-refractivity contribution in [1.29, 1.82) is 0 Å². The van der Waals surface area contributed by atoms with Crippen LogP contribution >= 0.6 is 24.0 Å². The monoisotopic (exact) mass is 518 g/mol. The Labute approximate surface area is 178 Å². The minimum Gasteiger partial charge on any atom is -0.444 e. The number of piperazine rings is 1. The average Bonchev–Trinajstić information content (AvgIpc) is 2.90. The van der Waals surface area contributed by atoms with E-state index in [1.807, 2.05) is 20.8 Å². The standard InChI is InChI=1S/C16H30N4O5S.HI/c1-16(2,3)25-15(21)19-6-7-20-13(12-19)11-18-14(20)17-5-8-24-9-10-26(4,22)23;/h13H,5-12H2,1-4H3,(H,17,18);1H. The van der Waals surface area contributed by atoms with Gasteiger partial charge in [-0.05, 0) is 20.8 Å². The fraction of sp³-hybridized carbons (Fsp3) is 0.875. The molecule has 0 saturated carbocycles. The maximum Gasteiger partial charge on any atom is 0.410 e. The maximum absolute atomic E-state index is 12.2. The van der Waals surface area contributed by atoms with Crippen LogP contribution in [0.4, 0.5) is 4.79 Å². The van der Waals surface area contributed by atoms with Gasteiger partial charge in [0, 0.05) is 32.4 Å². The Morgan fingerprint density at radius 3 is 2.63 bits per heavy atom. The first-order valence-corrected chi connectivity index (χ1v) is 10.9. The molecule has 9 nitrogen and oxygen atoms in total. The fourth-order valence-electron chi connectivity index (χ4n) is 2.77. The van der Waals surface area contributed by atoms with Crippen LogP contribution in [0.3, 0.4) is 0 Å². The molecule has 0 aromatic carbocycles. The van der Waals surface area contributed by atoms with Gasteiger partial charge in [-0.15, -0.1) is 24.0 Å². The lowest BCUT2D eigenvalue weighted by molar-refractivity contribution is 0.0137. The molecular weight excluding hydrogens is 487 g/mol. The van der Waals surface area contributed by atoms with Crippen LogP contribution in [0.1, 0.15) is 20.8 Å². The number of rotatable bonds is 6. The molecule has 1 amide bonds. The van der Waals surface area contributed by atoms with E-state index in [4.69, 9.17) is 9.47 Å². The second kappa shape index (κ2) is 10.1. The number of guanidine groups is 1. The van der Waals surface area contributed by atoms with Crippen LogP contribution in [0.15, 0.2) is 4.99 Å². The molecule has 2 aliphatic heterocycles. The first-order valence-electron chi connectivity index (χ1n) is 8.83. The van der Waals surface area contributed by atoms with Crippen molar-refractivity contribution in [2.75, 3.05) is 57.9 Å². The summed E-state index contributed by atoms with van der Waals surface area (Å²) in [5, 5.41) is 3.23. The molecule has 0 aromatic rings. The fourth-order valence-corrected chi connectivity index (χ4v) is 3.19. The Balaban J connectivity index is 0.00000364. The Morgan fingerprint density at radius 2 is 2.00 bits per heavy atom. The second-order valence-electron chi connectivity index (χ2n) is 7.61. The van der Waals surface area contributed by atoms with Crippen LogP contribution in [-0.2, 0) is 19.3 Å². The minimum absolute atomic E-state index is 0. The van der Waals surface area contributed by atoms with E-state index in [0.717, 1.165) is 5.96 Å². The highest BCUT2D eigenvalue weighted by molar-refractivity contribution is 14.0. The molecule has 2 heterocycles. The number of fused-ring (bicyclic) bond motifs is 1. The lowest BCUT2D eigenvalue weighted by Crippen LogP contribution is -2.57. The molecule has 0 radical (unpaired) electrons. The number of amides is 1. The first kappa shape index (κ1) is 24.2. The molecule has 1 atom stereocenters. The van der Waals surface area contributed by atoms with Crippen molar-refractivity contribution >= 4 is 45.9 Å². The van der Waals surface area contributed by atoms with E-state index in [1.165, 1.54) is 6.26 Å². The Morgan fingerprint density at radius 1 is 1.30 bits per heavy atom. The summed E-state index contributed by atoms with van der Waals surface area (Å²) in [4.78, 5) is 20.6. The van der Waals surface area contributed by atoms with E-state index >= 15 is 0 Å². The van der Waals surface area contributed by atoms with Gasteiger partial charge in [-0.25, -0.2) is 13.2 Å². The van der Waals surface area contributed by atoms with E-state index in [2.05, 4.69) is 15.2 Å². The van der Waals surface area contributed by atoms with Gasteiger partial charge in [0.05, 0.1) is 31.6 Å². The first-order chi connectivity index (χ1) is 12.1. The molecule has 2 rings (SSSR count). The smallest absolute Gasteiger partial charge is 0.410 e. The molecule has 11 heteroatoms. The van der Waals surface area contributed by atoms with Crippen molar-refractivity contribution in [3.63, 3.8) is 0 Å². The molecule has 1 N–H and O–H groups in total. The minimum atomic E-state index is -2.99. The summed E-state index contributed by atoms with van der Waals surface area (Å²) in [5.41, 5.74) is -0.496. The summed E-state index contributed by atoms with van der Waals surface area (Å²) < 4.78 is 32.8. The number of carbonyl (C=O) groups is 1. The van der Waals surface area contributed by atoms with Crippen LogP contribution in [0.5, 0.6) is 0 Å². The zero-order valence-corrected chi connectivity index (χ0v) is 19.6. The third-order valence-electron chi connectivity index (χ3n) is 3.99. The molecule has 0 aromatic heterocycles. The number of hydrogen-bond donors (Lipinski definition) is 1. The molecule has 0 aliphatic carbocycles. The Hall–Kier alpha value is -0.820. The highest BCUT2D eigenvalue weighted by atomic mass is 127. The van der Waals surface area contributed by atoms with Crippen molar-refractivity contribution in [3.8, 4) is 0 Å². The number of sulfone groups is 1. The third kappa shape index (κ3) is 8.38. The number of ether oxygens (including phenoxy) is 2. The zero-order valence-electron chi connectivity index (χ0n) is 16.4. The summed E-state index contributed by atoms with van der Waals surface area (Å²) in [5.74, 6) is 0.841. The largest absolute Gasteiger partial charge is 0.444 e. The van der Waals surface area contributed by atoms with Gasteiger partial charge in [0.25, 0.3) is 0 Å². The van der Waals surface area contributed by atoms with Crippen molar-refractivity contribution in [2.45, 2.75) is 32.4 Å². The number of nitrogens with one attached hydrogen (secondary N) is 1. The van der Waals surface area contributed by atoms with E-state index in [1.54, 1.807) is 4.90 Å². The lowest BCUT2D eigenvalue weighted by Gasteiger charge is -2.39. The highest BCUT2D eigenvalue weighted by Gasteiger charge is 2.36. The molecule has 2 aliphatic rings. The number of aliphatic imine (C=N–C) groups is 1. The van der Waals surface area contributed by atoms with Crippen molar-refractivity contribution < 1.29 is 22.7 Å². The molecular formula is C16H31IN4O5S. The second-order valence-corrected chi connectivity index (χ2v) is 9.87. The number of nitrogens with zero attached hydrogens (tertiary/aromatic N) is 3. The molecule has 27 heavy (non-hydrogen) atoms. The molecule has 0 bridgehead atoms. The van der Waals surface area contributed by atoms with E-state index in [0.29, 0.717) is 39.3 Å². The summed E-state index contributed by atoms with van der Waals surface area (Å²) >= 11 is 0. The normalized spacial score (nSPS) is 19.9. The van der Waals surface area contributed by atoms with Gasteiger partial charge >= 0.3 is 6.09 Å². The van der Waals surface area contributed by atoms with E-state index in [9.17, 15) is 13.2 Å². The quantitative estimate of drug-likeness (QED) is 0.405. The van der Waals surface area contributed by atoms with Gasteiger partial charge in [-0.2, -0.15) is 0 Å². The zero-order chi connectivity index (χ0) is 19.4. The van der Waals surface area contributed by atoms with Gasteiger partial charge in [-0.3, -0.25) is 4.99 Å². The lowest BCUT2D eigenvalue weighted by atomic mass is 10.2. The number of carbonyl (C=O) groups excluding carboxylic acids is 1.